The second-order valence-corrected chi connectivity index (χ2v) is 7.13. The summed E-state index contributed by atoms with van der Waals surface area (Å²) < 4.78 is 0. The predicted octanol–water partition coefficient (Wildman–Crippen LogP) is 4.79. The minimum absolute atomic E-state index is 0.377. The molecule has 0 spiro atoms. The van der Waals surface area contributed by atoms with Gasteiger partial charge in [0.15, 0.2) is 0 Å². The molecule has 0 aliphatic carbocycles. The highest BCUT2D eigenvalue weighted by Gasteiger charge is 2.20. The zero-order valence-electron chi connectivity index (χ0n) is 12.0. The van der Waals surface area contributed by atoms with Gasteiger partial charge in [0.1, 0.15) is 0 Å². The quantitative estimate of drug-likeness (QED) is 0.769. The van der Waals surface area contributed by atoms with Gasteiger partial charge in [-0.25, -0.2) is 0 Å². The van der Waals surface area contributed by atoms with Crippen molar-refractivity contribution in [1.29, 1.82) is 0 Å². The Hall–Kier alpha value is -0.340. The lowest BCUT2D eigenvalue weighted by Gasteiger charge is -2.26. The van der Waals surface area contributed by atoms with E-state index in [0.717, 1.165) is 13.0 Å². The third-order valence-corrected chi connectivity index (χ3v) is 4.17. The number of rotatable bonds is 6. The molecule has 0 amide bonds. The lowest BCUT2D eigenvalue weighted by Crippen LogP contribution is -2.25. The Morgan fingerprint density at radius 1 is 1.24 bits per heavy atom. The van der Waals surface area contributed by atoms with Gasteiger partial charge in [-0.05, 0) is 43.4 Å². The molecule has 1 N–H and O–H groups in total. The second-order valence-electron chi connectivity index (χ2n) is 5.93. The maximum atomic E-state index is 3.69. The van der Waals surface area contributed by atoms with Crippen LogP contribution in [0.1, 0.15) is 63.3 Å². The van der Waals surface area contributed by atoms with Crippen molar-refractivity contribution in [3.05, 3.63) is 21.9 Å². The maximum Gasteiger partial charge on any atom is 0.0419 e. The Balaban J connectivity index is 2.74. The molecule has 0 radical (unpaired) electrons. The minimum Gasteiger partial charge on any atom is -0.309 e. The van der Waals surface area contributed by atoms with Crippen LogP contribution in [0.3, 0.4) is 0 Å². The van der Waals surface area contributed by atoms with Crippen molar-refractivity contribution in [3.63, 3.8) is 0 Å². The second kappa shape index (κ2) is 6.55. The Labute approximate surface area is 111 Å². The highest BCUT2D eigenvalue weighted by Crippen LogP contribution is 2.33. The van der Waals surface area contributed by atoms with E-state index in [0.29, 0.717) is 11.5 Å². The molecule has 0 aromatic carbocycles. The number of nitrogens with one attached hydrogen (secondary N) is 1. The first-order valence-corrected chi connectivity index (χ1v) is 7.60. The van der Waals surface area contributed by atoms with Gasteiger partial charge in [-0.15, -0.1) is 11.3 Å². The number of thiophene rings is 1. The fourth-order valence-corrected chi connectivity index (χ4v) is 3.00. The van der Waals surface area contributed by atoms with Crippen molar-refractivity contribution < 1.29 is 0 Å². The third kappa shape index (κ3) is 5.22. The molecule has 0 saturated carbocycles. The first-order chi connectivity index (χ1) is 7.96. The van der Waals surface area contributed by atoms with Crippen molar-refractivity contribution in [2.75, 3.05) is 6.54 Å². The molecule has 1 heterocycles. The van der Waals surface area contributed by atoms with Crippen LogP contribution in [0.15, 0.2) is 12.1 Å². The first kappa shape index (κ1) is 14.7. The Kier molecular flexibility index (Phi) is 5.68. The van der Waals surface area contributed by atoms with E-state index >= 15 is 0 Å². The van der Waals surface area contributed by atoms with E-state index in [1.165, 1.54) is 22.6 Å². The van der Waals surface area contributed by atoms with E-state index in [1.807, 2.05) is 11.3 Å². The summed E-state index contributed by atoms with van der Waals surface area (Å²) in [5.41, 5.74) is 0.377. The Bertz CT molecular complexity index is 322. The molecule has 1 rings (SSSR count). The van der Waals surface area contributed by atoms with Crippen LogP contribution < -0.4 is 5.32 Å². The number of hydrogen-bond donors (Lipinski definition) is 1. The Morgan fingerprint density at radius 2 is 1.94 bits per heavy atom. The fourth-order valence-electron chi connectivity index (χ4n) is 1.98. The van der Waals surface area contributed by atoms with Crippen LogP contribution in [0.4, 0.5) is 0 Å². The van der Waals surface area contributed by atoms with Gasteiger partial charge in [0.05, 0.1) is 0 Å². The van der Waals surface area contributed by atoms with Crippen molar-refractivity contribution in [2.45, 2.75) is 59.9 Å². The van der Waals surface area contributed by atoms with Crippen molar-refractivity contribution in [3.8, 4) is 0 Å². The monoisotopic (exact) mass is 253 g/mol. The van der Waals surface area contributed by atoms with Crippen LogP contribution in [0.2, 0.25) is 0 Å². The number of aryl methyl sites for hydroxylation is 1. The smallest absolute Gasteiger partial charge is 0.0419 e. The summed E-state index contributed by atoms with van der Waals surface area (Å²) in [5, 5.41) is 3.69. The first-order valence-electron chi connectivity index (χ1n) is 6.78. The van der Waals surface area contributed by atoms with E-state index < -0.39 is 0 Å². The van der Waals surface area contributed by atoms with E-state index in [9.17, 15) is 0 Å². The maximum absolute atomic E-state index is 3.69. The van der Waals surface area contributed by atoms with Crippen LogP contribution in [-0.4, -0.2) is 6.54 Å². The van der Waals surface area contributed by atoms with Gasteiger partial charge in [0, 0.05) is 15.8 Å². The summed E-state index contributed by atoms with van der Waals surface area (Å²) in [6, 6.07) is 5.12. The van der Waals surface area contributed by atoms with Gasteiger partial charge in [0.25, 0.3) is 0 Å². The van der Waals surface area contributed by atoms with Crippen LogP contribution >= 0.6 is 11.3 Å². The molecule has 1 unspecified atom stereocenters. The summed E-state index contributed by atoms with van der Waals surface area (Å²) in [4.78, 5) is 3.00. The molecule has 17 heavy (non-hydrogen) atoms. The molecule has 1 aromatic rings. The molecule has 0 aliphatic rings. The minimum atomic E-state index is 0.377. The molecule has 0 fully saturated rings. The van der Waals surface area contributed by atoms with E-state index in [-0.39, 0.29) is 0 Å². The Morgan fingerprint density at radius 3 is 2.41 bits per heavy atom. The standard InChI is InChI=1S/C15H27NS/c1-6-10-16-13(11-15(3,4)5)14-9-8-12(7-2)17-14/h8-9,13,16H,6-7,10-11H2,1-5H3. The molecular weight excluding hydrogens is 226 g/mol. The summed E-state index contributed by atoms with van der Waals surface area (Å²) in [7, 11) is 0. The fraction of sp³-hybridized carbons (Fsp3) is 0.733. The molecule has 0 bridgehead atoms. The third-order valence-electron chi connectivity index (χ3n) is 2.83. The van der Waals surface area contributed by atoms with E-state index in [1.54, 1.807) is 0 Å². The van der Waals surface area contributed by atoms with Crippen molar-refractivity contribution in [1.82, 2.24) is 5.32 Å². The molecule has 1 nitrogen and oxygen atoms in total. The predicted molar refractivity (Wildman–Crippen MR) is 78.8 cm³/mol. The van der Waals surface area contributed by atoms with Crippen molar-refractivity contribution in [2.24, 2.45) is 5.41 Å². The molecular formula is C15H27NS. The van der Waals surface area contributed by atoms with Gasteiger partial charge in [0.2, 0.25) is 0 Å². The van der Waals surface area contributed by atoms with Crippen molar-refractivity contribution >= 4 is 11.3 Å². The molecule has 1 aromatic heterocycles. The van der Waals surface area contributed by atoms with Gasteiger partial charge in [-0.3, -0.25) is 0 Å². The summed E-state index contributed by atoms with van der Waals surface area (Å²) in [6.07, 6.45) is 3.56. The topological polar surface area (TPSA) is 12.0 Å². The van der Waals surface area contributed by atoms with Crippen LogP contribution in [0.5, 0.6) is 0 Å². The number of hydrogen-bond acceptors (Lipinski definition) is 2. The lowest BCUT2D eigenvalue weighted by atomic mass is 9.87. The average molecular weight is 253 g/mol. The molecule has 0 aliphatic heterocycles. The summed E-state index contributed by atoms with van der Waals surface area (Å²) in [5.74, 6) is 0. The summed E-state index contributed by atoms with van der Waals surface area (Å²) in [6.45, 7) is 12.5. The van der Waals surface area contributed by atoms with Crippen LogP contribution in [0, 0.1) is 5.41 Å². The van der Waals surface area contributed by atoms with Gasteiger partial charge >= 0.3 is 0 Å². The summed E-state index contributed by atoms with van der Waals surface area (Å²) >= 11 is 1.97. The molecule has 98 valence electrons. The van der Waals surface area contributed by atoms with Gasteiger partial charge in [-0.2, -0.15) is 0 Å². The molecule has 0 saturated heterocycles. The largest absolute Gasteiger partial charge is 0.309 e. The zero-order valence-corrected chi connectivity index (χ0v) is 12.8. The van der Waals surface area contributed by atoms with Crippen LogP contribution in [0.25, 0.3) is 0 Å². The highest BCUT2D eigenvalue weighted by molar-refractivity contribution is 7.12. The van der Waals surface area contributed by atoms with E-state index in [4.69, 9.17) is 0 Å². The van der Waals surface area contributed by atoms with Gasteiger partial charge < -0.3 is 5.32 Å². The zero-order chi connectivity index (χ0) is 12.9. The SMILES string of the molecule is CCCNC(CC(C)(C)C)c1ccc(CC)s1. The lowest BCUT2D eigenvalue weighted by molar-refractivity contribution is 0.314. The normalized spacial score (nSPS) is 13.9. The van der Waals surface area contributed by atoms with Gasteiger partial charge in [-0.1, -0.05) is 34.6 Å². The van der Waals surface area contributed by atoms with E-state index in [2.05, 4.69) is 52.1 Å². The average Bonchev–Trinajstić information content (AvgIpc) is 2.71. The van der Waals surface area contributed by atoms with Crippen LogP contribution in [-0.2, 0) is 6.42 Å². The highest BCUT2D eigenvalue weighted by atomic mass is 32.1. The molecule has 2 heteroatoms. The molecule has 1 atom stereocenters.